The van der Waals surface area contributed by atoms with Crippen molar-refractivity contribution in [3.63, 3.8) is 0 Å². The maximum Gasteiger partial charge on any atom is 0.217 e. The van der Waals surface area contributed by atoms with Crippen LogP contribution in [0.15, 0.2) is 59.1 Å². The fourth-order valence-corrected chi connectivity index (χ4v) is 2.13. The quantitative estimate of drug-likeness (QED) is 0.921. The molecule has 0 heterocycles. The van der Waals surface area contributed by atoms with Crippen LogP contribution in [0.5, 0.6) is 0 Å². The molecule has 2 nitrogen and oxygen atoms in total. The predicted octanol–water partition coefficient (Wildman–Crippen LogP) is 3.67. The molecule has 0 unspecified atom stereocenters. The van der Waals surface area contributed by atoms with Crippen LogP contribution in [0.3, 0.4) is 0 Å². The summed E-state index contributed by atoms with van der Waals surface area (Å²) in [7, 11) is 0. The van der Waals surface area contributed by atoms with Crippen molar-refractivity contribution >= 4 is 21.8 Å². The Kier molecular flexibility index (Phi) is 4.15. The Hall–Kier alpha value is -1.61. The van der Waals surface area contributed by atoms with Crippen LogP contribution in [0.1, 0.15) is 24.1 Å². The fourth-order valence-electron chi connectivity index (χ4n) is 1.86. The summed E-state index contributed by atoms with van der Waals surface area (Å²) < 4.78 is 1.03. The zero-order valence-electron chi connectivity index (χ0n) is 10.1. The van der Waals surface area contributed by atoms with E-state index >= 15 is 0 Å². The van der Waals surface area contributed by atoms with Crippen LogP contribution < -0.4 is 5.32 Å². The average Bonchev–Trinajstić information content (AvgIpc) is 2.38. The molecule has 0 bridgehead atoms. The first-order chi connectivity index (χ1) is 8.66. The third kappa shape index (κ3) is 3.20. The summed E-state index contributed by atoms with van der Waals surface area (Å²) in [5.74, 6) is -0.0354. The molecule has 1 atom stereocenters. The van der Waals surface area contributed by atoms with Crippen LogP contribution in [0.4, 0.5) is 0 Å². The molecule has 0 aliphatic rings. The molecule has 0 spiro atoms. The highest BCUT2D eigenvalue weighted by Crippen LogP contribution is 2.23. The van der Waals surface area contributed by atoms with E-state index in [1.165, 1.54) is 6.92 Å². The summed E-state index contributed by atoms with van der Waals surface area (Å²) in [5.41, 5.74) is 2.15. The summed E-state index contributed by atoms with van der Waals surface area (Å²) in [6, 6.07) is 17.8. The van der Waals surface area contributed by atoms with Crippen LogP contribution in [-0.2, 0) is 4.79 Å². The van der Waals surface area contributed by atoms with E-state index < -0.39 is 0 Å². The minimum atomic E-state index is -0.100. The van der Waals surface area contributed by atoms with E-state index in [1.54, 1.807) is 0 Å². The van der Waals surface area contributed by atoms with Gasteiger partial charge in [-0.1, -0.05) is 58.4 Å². The lowest BCUT2D eigenvalue weighted by Gasteiger charge is -2.19. The van der Waals surface area contributed by atoms with Gasteiger partial charge in [-0.3, -0.25) is 4.79 Å². The van der Waals surface area contributed by atoms with Gasteiger partial charge in [-0.2, -0.15) is 0 Å². The van der Waals surface area contributed by atoms with Crippen molar-refractivity contribution in [1.29, 1.82) is 0 Å². The van der Waals surface area contributed by atoms with E-state index in [0.29, 0.717) is 0 Å². The first-order valence-electron chi connectivity index (χ1n) is 5.74. The highest BCUT2D eigenvalue weighted by atomic mass is 79.9. The molecule has 0 aliphatic heterocycles. The van der Waals surface area contributed by atoms with Crippen molar-refractivity contribution in [2.75, 3.05) is 0 Å². The zero-order valence-corrected chi connectivity index (χ0v) is 11.6. The topological polar surface area (TPSA) is 29.1 Å². The molecular weight excluding hydrogens is 290 g/mol. The Bertz CT molecular complexity index is 522. The molecule has 0 saturated heterocycles. The van der Waals surface area contributed by atoms with Gasteiger partial charge in [0.1, 0.15) is 0 Å². The van der Waals surface area contributed by atoms with Crippen molar-refractivity contribution in [2.24, 2.45) is 0 Å². The molecule has 2 aromatic rings. The molecule has 0 saturated carbocycles. The van der Waals surface area contributed by atoms with E-state index in [0.717, 1.165) is 15.6 Å². The smallest absolute Gasteiger partial charge is 0.217 e. The second kappa shape index (κ2) is 5.83. The lowest BCUT2D eigenvalue weighted by atomic mass is 9.99. The van der Waals surface area contributed by atoms with Crippen molar-refractivity contribution in [3.8, 4) is 0 Å². The number of hydrogen-bond donors (Lipinski definition) is 1. The number of hydrogen-bond acceptors (Lipinski definition) is 1. The maximum atomic E-state index is 11.3. The van der Waals surface area contributed by atoms with E-state index in [1.807, 2.05) is 54.6 Å². The summed E-state index contributed by atoms with van der Waals surface area (Å²) in [6.07, 6.45) is 0. The average molecular weight is 304 g/mol. The first kappa shape index (κ1) is 12.8. The Morgan fingerprint density at radius 2 is 1.56 bits per heavy atom. The number of benzene rings is 2. The molecule has 1 N–H and O–H groups in total. The Balaban J connectivity index is 2.36. The molecule has 0 aliphatic carbocycles. The molecular formula is C15H14BrNO. The number of carbonyl (C=O) groups is 1. The van der Waals surface area contributed by atoms with Crippen molar-refractivity contribution in [1.82, 2.24) is 5.32 Å². The Morgan fingerprint density at radius 1 is 1.00 bits per heavy atom. The van der Waals surface area contributed by atoms with Gasteiger partial charge in [0, 0.05) is 11.4 Å². The van der Waals surface area contributed by atoms with Crippen LogP contribution >= 0.6 is 15.9 Å². The fraction of sp³-hybridized carbons (Fsp3) is 0.133. The lowest BCUT2D eigenvalue weighted by molar-refractivity contribution is -0.119. The third-order valence-electron chi connectivity index (χ3n) is 2.68. The number of nitrogens with one attached hydrogen (secondary N) is 1. The second-order valence-corrected chi connectivity index (χ2v) is 5.01. The molecule has 92 valence electrons. The molecule has 1 amide bonds. The van der Waals surface area contributed by atoms with E-state index in [2.05, 4.69) is 21.2 Å². The van der Waals surface area contributed by atoms with Gasteiger partial charge in [0.25, 0.3) is 0 Å². The molecule has 0 radical (unpaired) electrons. The molecule has 2 aromatic carbocycles. The zero-order chi connectivity index (χ0) is 13.0. The number of carbonyl (C=O) groups excluding carboxylic acids is 1. The standard InChI is InChI=1S/C15H14BrNO/c1-11(18)17-15(12-5-3-2-4-6-12)13-7-9-14(16)10-8-13/h2-10,15H,1H3,(H,17,18)/t15-/m0/s1. The largest absolute Gasteiger partial charge is 0.345 e. The molecule has 18 heavy (non-hydrogen) atoms. The second-order valence-electron chi connectivity index (χ2n) is 4.10. The van der Waals surface area contributed by atoms with Crippen LogP contribution in [-0.4, -0.2) is 5.91 Å². The van der Waals surface area contributed by atoms with Crippen molar-refractivity contribution in [3.05, 3.63) is 70.2 Å². The summed E-state index contributed by atoms with van der Waals surface area (Å²) in [6.45, 7) is 1.54. The minimum Gasteiger partial charge on any atom is -0.345 e. The van der Waals surface area contributed by atoms with Crippen LogP contribution in [0.25, 0.3) is 0 Å². The van der Waals surface area contributed by atoms with Gasteiger partial charge in [0.2, 0.25) is 5.91 Å². The first-order valence-corrected chi connectivity index (χ1v) is 6.53. The van der Waals surface area contributed by atoms with Crippen LogP contribution in [0, 0.1) is 0 Å². The normalized spacial score (nSPS) is 11.9. The Labute approximate surface area is 115 Å². The van der Waals surface area contributed by atoms with Gasteiger partial charge in [0.15, 0.2) is 0 Å². The highest BCUT2D eigenvalue weighted by molar-refractivity contribution is 9.10. The van der Waals surface area contributed by atoms with E-state index in [9.17, 15) is 4.79 Å². The lowest BCUT2D eigenvalue weighted by Crippen LogP contribution is -2.26. The monoisotopic (exact) mass is 303 g/mol. The third-order valence-corrected chi connectivity index (χ3v) is 3.21. The highest BCUT2D eigenvalue weighted by Gasteiger charge is 2.14. The molecule has 0 aromatic heterocycles. The van der Waals surface area contributed by atoms with Gasteiger partial charge in [0.05, 0.1) is 6.04 Å². The molecule has 2 rings (SSSR count). The van der Waals surface area contributed by atoms with Gasteiger partial charge in [-0.05, 0) is 23.3 Å². The molecule has 3 heteroatoms. The summed E-state index contributed by atoms with van der Waals surface area (Å²) >= 11 is 3.41. The van der Waals surface area contributed by atoms with Gasteiger partial charge < -0.3 is 5.32 Å². The summed E-state index contributed by atoms with van der Waals surface area (Å²) in [5, 5.41) is 2.98. The van der Waals surface area contributed by atoms with Crippen molar-refractivity contribution in [2.45, 2.75) is 13.0 Å². The van der Waals surface area contributed by atoms with E-state index in [-0.39, 0.29) is 11.9 Å². The van der Waals surface area contributed by atoms with Crippen molar-refractivity contribution < 1.29 is 4.79 Å². The number of rotatable bonds is 3. The summed E-state index contributed by atoms with van der Waals surface area (Å²) in [4.78, 5) is 11.3. The SMILES string of the molecule is CC(=O)N[C@@H](c1ccccc1)c1ccc(Br)cc1. The van der Waals surface area contributed by atoms with Gasteiger partial charge in [-0.15, -0.1) is 0 Å². The van der Waals surface area contributed by atoms with Crippen LogP contribution in [0.2, 0.25) is 0 Å². The van der Waals surface area contributed by atoms with Gasteiger partial charge >= 0.3 is 0 Å². The minimum absolute atomic E-state index is 0.0354. The number of halogens is 1. The molecule has 0 fully saturated rings. The van der Waals surface area contributed by atoms with E-state index in [4.69, 9.17) is 0 Å². The number of amides is 1. The Morgan fingerprint density at radius 3 is 2.11 bits per heavy atom. The predicted molar refractivity (Wildman–Crippen MR) is 76.2 cm³/mol. The maximum absolute atomic E-state index is 11.3. The van der Waals surface area contributed by atoms with Gasteiger partial charge in [-0.25, -0.2) is 0 Å².